The molecule has 6 nitrogen and oxygen atoms in total. The van der Waals surface area contributed by atoms with Crippen molar-refractivity contribution in [2.24, 2.45) is 5.92 Å². The monoisotopic (exact) mass is 264 g/mol. The first-order valence-electron chi connectivity index (χ1n) is 5.67. The molecule has 0 saturated carbocycles. The Morgan fingerprint density at radius 2 is 2.00 bits per heavy atom. The van der Waals surface area contributed by atoms with Crippen LogP contribution in [-0.4, -0.2) is 53.8 Å². The van der Waals surface area contributed by atoms with Crippen molar-refractivity contribution in [1.82, 2.24) is 8.61 Å². The van der Waals surface area contributed by atoms with E-state index in [4.69, 9.17) is 5.11 Å². The SMILES string of the molecule is CC1CCN(S(=O)(=O)N(C)C(C)C)C1C(=O)O. The summed E-state index contributed by atoms with van der Waals surface area (Å²) in [7, 11) is -2.21. The predicted octanol–water partition coefficient (Wildman–Crippen LogP) is 0.366. The lowest BCUT2D eigenvalue weighted by Crippen LogP contribution is -2.50. The van der Waals surface area contributed by atoms with Crippen LogP contribution >= 0.6 is 0 Å². The number of hydrogen-bond acceptors (Lipinski definition) is 3. The summed E-state index contributed by atoms with van der Waals surface area (Å²) in [4.78, 5) is 11.1. The van der Waals surface area contributed by atoms with E-state index in [1.807, 2.05) is 0 Å². The lowest BCUT2D eigenvalue weighted by atomic mass is 10.0. The number of carboxylic acid groups (broad SMARTS) is 1. The number of carboxylic acids is 1. The first-order valence-corrected chi connectivity index (χ1v) is 7.07. The summed E-state index contributed by atoms with van der Waals surface area (Å²) >= 11 is 0. The average Bonchev–Trinajstić information content (AvgIpc) is 2.59. The predicted molar refractivity (Wildman–Crippen MR) is 63.7 cm³/mol. The standard InChI is InChI=1S/C10H20N2O4S/c1-7(2)11(4)17(15,16)12-6-5-8(3)9(12)10(13)14/h7-9H,5-6H2,1-4H3,(H,13,14). The van der Waals surface area contributed by atoms with E-state index < -0.39 is 22.2 Å². The summed E-state index contributed by atoms with van der Waals surface area (Å²) in [6.07, 6.45) is 0.585. The van der Waals surface area contributed by atoms with E-state index in [1.165, 1.54) is 11.4 Å². The number of aliphatic carboxylic acids is 1. The van der Waals surface area contributed by atoms with Gasteiger partial charge in [0, 0.05) is 19.6 Å². The Balaban J connectivity index is 3.04. The van der Waals surface area contributed by atoms with Gasteiger partial charge in [-0.15, -0.1) is 0 Å². The van der Waals surface area contributed by atoms with Crippen LogP contribution in [0.3, 0.4) is 0 Å². The zero-order valence-corrected chi connectivity index (χ0v) is 11.4. The van der Waals surface area contributed by atoms with Crippen LogP contribution in [-0.2, 0) is 15.0 Å². The topological polar surface area (TPSA) is 77.9 Å². The first-order chi connectivity index (χ1) is 7.69. The van der Waals surface area contributed by atoms with E-state index in [1.54, 1.807) is 20.8 Å². The second-order valence-corrected chi connectivity index (χ2v) is 6.72. The Morgan fingerprint density at radius 3 is 2.41 bits per heavy atom. The molecule has 1 aliphatic rings. The molecule has 0 aromatic heterocycles. The molecule has 17 heavy (non-hydrogen) atoms. The molecule has 1 aliphatic heterocycles. The van der Waals surface area contributed by atoms with Gasteiger partial charge in [-0.2, -0.15) is 17.0 Å². The second-order valence-electron chi connectivity index (χ2n) is 4.78. The van der Waals surface area contributed by atoms with Crippen molar-refractivity contribution in [2.45, 2.75) is 39.3 Å². The Morgan fingerprint density at radius 1 is 1.47 bits per heavy atom. The molecule has 0 bridgehead atoms. The molecule has 100 valence electrons. The molecule has 1 rings (SSSR count). The van der Waals surface area contributed by atoms with Gasteiger partial charge in [-0.25, -0.2) is 0 Å². The molecular weight excluding hydrogens is 244 g/mol. The zero-order valence-electron chi connectivity index (χ0n) is 10.6. The fraction of sp³-hybridized carbons (Fsp3) is 0.900. The minimum Gasteiger partial charge on any atom is -0.480 e. The highest BCUT2D eigenvalue weighted by Crippen LogP contribution is 2.28. The Kier molecular flexibility index (Phi) is 4.16. The molecule has 0 amide bonds. The molecule has 0 radical (unpaired) electrons. The normalized spacial score (nSPS) is 26.9. The van der Waals surface area contributed by atoms with Gasteiger partial charge in [0.25, 0.3) is 10.2 Å². The van der Waals surface area contributed by atoms with E-state index in [9.17, 15) is 13.2 Å². The minimum absolute atomic E-state index is 0.150. The van der Waals surface area contributed by atoms with Gasteiger partial charge in [0.05, 0.1) is 0 Å². The van der Waals surface area contributed by atoms with Crippen LogP contribution in [0.4, 0.5) is 0 Å². The summed E-state index contributed by atoms with van der Waals surface area (Å²) in [5.41, 5.74) is 0. The molecule has 0 aliphatic carbocycles. The smallest absolute Gasteiger partial charge is 0.322 e. The first kappa shape index (κ1) is 14.4. The Hall–Kier alpha value is -0.660. The lowest BCUT2D eigenvalue weighted by Gasteiger charge is -2.29. The van der Waals surface area contributed by atoms with Crippen LogP contribution < -0.4 is 0 Å². The van der Waals surface area contributed by atoms with Gasteiger partial charge in [-0.05, 0) is 26.2 Å². The van der Waals surface area contributed by atoms with Crippen molar-refractivity contribution < 1.29 is 18.3 Å². The van der Waals surface area contributed by atoms with Crippen molar-refractivity contribution >= 4 is 16.2 Å². The molecule has 0 aromatic rings. The van der Waals surface area contributed by atoms with Crippen LogP contribution in [0.1, 0.15) is 27.2 Å². The number of nitrogens with zero attached hydrogens (tertiary/aromatic N) is 2. The largest absolute Gasteiger partial charge is 0.480 e. The van der Waals surface area contributed by atoms with Gasteiger partial charge in [-0.3, -0.25) is 4.79 Å². The molecular formula is C10H20N2O4S. The average molecular weight is 264 g/mol. The van der Waals surface area contributed by atoms with Gasteiger partial charge < -0.3 is 5.11 Å². The number of carbonyl (C=O) groups is 1. The molecule has 7 heteroatoms. The molecule has 2 unspecified atom stereocenters. The van der Waals surface area contributed by atoms with Crippen molar-refractivity contribution in [2.75, 3.05) is 13.6 Å². The van der Waals surface area contributed by atoms with Crippen LogP contribution in [0.5, 0.6) is 0 Å². The maximum absolute atomic E-state index is 12.2. The summed E-state index contributed by atoms with van der Waals surface area (Å²) in [6, 6.07) is -1.13. The molecule has 0 aromatic carbocycles. The second kappa shape index (κ2) is 4.91. The Labute approximate surface area is 102 Å². The van der Waals surface area contributed by atoms with E-state index in [-0.39, 0.29) is 18.5 Å². The molecule has 0 spiro atoms. The van der Waals surface area contributed by atoms with Gasteiger partial charge >= 0.3 is 5.97 Å². The Bertz CT molecular complexity index is 393. The van der Waals surface area contributed by atoms with E-state index in [2.05, 4.69) is 0 Å². The van der Waals surface area contributed by atoms with E-state index >= 15 is 0 Å². The summed E-state index contributed by atoms with van der Waals surface area (Å²) in [5, 5.41) is 9.11. The van der Waals surface area contributed by atoms with E-state index in [0.29, 0.717) is 6.42 Å². The van der Waals surface area contributed by atoms with Crippen molar-refractivity contribution in [3.63, 3.8) is 0 Å². The van der Waals surface area contributed by atoms with E-state index in [0.717, 1.165) is 4.31 Å². The molecule has 2 atom stereocenters. The van der Waals surface area contributed by atoms with Gasteiger partial charge in [-0.1, -0.05) is 6.92 Å². The highest BCUT2D eigenvalue weighted by atomic mass is 32.2. The summed E-state index contributed by atoms with van der Waals surface area (Å²) in [6.45, 7) is 5.56. The van der Waals surface area contributed by atoms with Crippen LogP contribution in [0.2, 0.25) is 0 Å². The van der Waals surface area contributed by atoms with Gasteiger partial charge in [0.2, 0.25) is 0 Å². The third-order valence-electron chi connectivity index (χ3n) is 3.29. The quantitative estimate of drug-likeness (QED) is 0.795. The molecule has 1 N–H and O–H groups in total. The molecule has 1 heterocycles. The maximum atomic E-state index is 12.2. The lowest BCUT2D eigenvalue weighted by molar-refractivity contribution is -0.141. The summed E-state index contributed by atoms with van der Waals surface area (Å²) < 4.78 is 26.8. The van der Waals surface area contributed by atoms with Gasteiger partial charge in [0.1, 0.15) is 6.04 Å². The van der Waals surface area contributed by atoms with Crippen LogP contribution in [0.25, 0.3) is 0 Å². The van der Waals surface area contributed by atoms with Crippen LogP contribution in [0, 0.1) is 5.92 Å². The van der Waals surface area contributed by atoms with Gasteiger partial charge in [0.15, 0.2) is 0 Å². The fourth-order valence-electron chi connectivity index (χ4n) is 1.97. The third kappa shape index (κ3) is 2.61. The summed E-state index contributed by atoms with van der Waals surface area (Å²) in [5.74, 6) is -1.22. The fourth-order valence-corrected chi connectivity index (χ4v) is 3.75. The molecule has 1 saturated heterocycles. The zero-order chi connectivity index (χ0) is 13.4. The number of hydrogen-bond donors (Lipinski definition) is 1. The highest BCUT2D eigenvalue weighted by molar-refractivity contribution is 7.86. The molecule has 1 fully saturated rings. The number of rotatable bonds is 4. The van der Waals surface area contributed by atoms with Crippen molar-refractivity contribution in [1.29, 1.82) is 0 Å². The van der Waals surface area contributed by atoms with Crippen molar-refractivity contribution in [3.8, 4) is 0 Å². The van der Waals surface area contributed by atoms with Crippen molar-refractivity contribution in [3.05, 3.63) is 0 Å². The third-order valence-corrected chi connectivity index (χ3v) is 5.45. The highest BCUT2D eigenvalue weighted by Gasteiger charge is 2.45. The minimum atomic E-state index is -3.68. The maximum Gasteiger partial charge on any atom is 0.322 e. The van der Waals surface area contributed by atoms with Crippen LogP contribution in [0.15, 0.2) is 0 Å².